The van der Waals surface area contributed by atoms with Crippen LogP contribution in [0.4, 0.5) is 0 Å². The van der Waals surface area contributed by atoms with E-state index in [1.807, 2.05) is 91.0 Å². The van der Waals surface area contributed by atoms with Crippen molar-refractivity contribution in [3.63, 3.8) is 0 Å². The molecular formula is C49H43Br3Cl2O7. The molecule has 2 atom stereocenters. The fourth-order valence-corrected chi connectivity index (χ4v) is 6.91. The molecule has 316 valence electrons. The standard InChI is InChI=1S/C21H18BrClO3.C14H10BrClO2.C7H7BrO.C7H8O/c1-26-17-8-5-13(6-9-17)20(24)14-3-2-4-15(11-14)21(25)18-12-16(22)7-10-19(18)23;1-18-11-5-2-9(3-6-11)14(17)12-8-10(15)4-7-13(12)16;1-9-7-4-2-6(8)3-5-7;1-8-7-5-3-2-4-6-7/h2-12,20-21,24-25H,1H3;2-8H,1H3;2-5H,1H3;2-6H,1H3. The van der Waals surface area contributed by atoms with Gasteiger partial charge in [0, 0.05) is 35.1 Å². The third kappa shape index (κ3) is 15.3. The van der Waals surface area contributed by atoms with Crippen LogP contribution in [-0.4, -0.2) is 44.4 Å². The molecule has 0 aliphatic heterocycles. The molecule has 7 aromatic rings. The Kier molecular flexibility index (Phi) is 20.3. The molecule has 0 fully saturated rings. The predicted octanol–water partition coefficient (Wildman–Crippen LogP) is 13.8. The molecule has 0 aliphatic carbocycles. The summed E-state index contributed by atoms with van der Waals surface area (Å²) in [5.41, 5.74) is 3.77. The SMILES string of the molecule is COc1ccc(Br)cc1.COc1ccc(C(=O)c2cc(Br)ccc2Cl)cc1.COc1ccc(C(O)c2cccc(C(O)c3cc(Br)ccc3Cl)c2)cc1.COc1ccccc1. The fourth-order valence-electron chi connectivity index (χ4n) is 5.48. The van der Waals surface area contributed by atoms with Crippen LogP contribution in [-0.2, 0) is 0 Å². The Labute approximate surface area is 392 Å². The minimum atomic E-state index is -0.886. The zero-order valence-electron chi connectivity index (χ0n) is 33.6. The van der Waals surface area contributed by atoms with Crippen LogP contribution in [0.15, 0.2) is 177 Å². The van der Waals surface area contributed by atoms with Crippen LogP contribution >= 0.6 is 71.0 Å². The van der Waals surface area contributed by atoms with Crippen molar-refractivity contribution in [2.24, 2.45) is 0 Å². The molecular weight excluding hydrogens is 1010 g/mol. The van der Waals surface area contributed by atoms with E-state index in [4.69, 9.17) is 42.1 Å². The highest BCUT2D eigenvalue weighted by atomic mass is 79.9. The number of hydrogen-bond donors (Lipinski definition) is 2. The van der Waals surface area contributed by atoms with Crippen LogP contribution in [0, 0.1) is 0 Å². The van der Waals surface area contributed by atoms with Gasteiger partial charge in [-0.15, -0.1) is 0 Å². The smallest absolute Gasteiger partial charge is 0.194 e. The van der Waals surface area contributed by atoms with E-state index in [-0.39, 0.29) is 5.78 Å². The summed E-state index contributed by atoms with van der Waals surface area (Å²) in [5.74, 6) is 3.14. The molecule has 0 bridgehead atoms. The number of carbonyl (C=O) groups excluding carboxylic acids is 1. The first kappa shape index (κ1) is 49.0. The zero-order chi connectivity index (χ0) is 44.3. The van der Waals surface area contributed by atoms with Gasteiger partial charge >= 0.3 is 0 Å². The van der Waals surface area contributed by atoms with Gasteiger partial charge in [-0.25, -0.2) is 0 Å². The molecule has 12 heteroatoms. The van der Waals surface area contributed by atoms with Gasteiger partial charge in [-0.3, -0.25) is 4.79 Å². The van der Waals surface area contributed by atoms with Crippen molar-refractivity contribution < 1.29 is 34.0 Å². The summed E-state index contributed by atoms with van der Waals surface area (Å²) < 4.78 is 22.8. The second-order valence-corrected chi connectivity index (χ2v) is 16.3. The van der Waals surface area contributed by atoms with Crippen LogP contribution in [0.25, 0.3) is 0 Å². The molecule has 7 rings (SSSR count). The average Bonchev–Trinajstić information content (AvgIpc) is 3.31. The highest BCUT2D eigenvalue weighted by Gasteiger charge is 2.18. The normalized spacial score (nSPS) is 11.1. The third-order valence-corrected chi connectivity index (χ3v) is 11.0. The van der Waals surface area contributed by atoms with Crippen molar-refractivity contribution >= 4 is 76.8 Å². The van der Waals surface area contributed by atoms with Crippen LogP contribution in [0.3, 0.4) is 0 Å². The van der Waals surface area contributed by atoms with Gasteiger partial charge < -0.3 is 29.2 Å². The summed E-state index contributed by atoms with van der Waals surface area (Å²) in [4.78, 5) is 12.3. The monoisotopic (exact) mass is 1050 g/mol. The van der Waals surface area contributed by atoms with E-state index in [2.05, 4.69) is 47.8 Å². The highest BCUT2D eigenvalue weighted by Crippen LogP contribution is 2.33. The lowest BCUT2D eigenvalue weighted by Gasteiger charge is -2.17. The van der Waals surface area contributed by atoms with Crippen LogP contribution in [0.5, 0.6) is 23.0 Å². The Bertz CT molecular complexity index is 2420. The lowest BCUT2D eigenvalue weighted by atomic mass is 9.95. The van der Waals surface area contributed by atoms with Crippen molar-refractivity contribution in [2.75, 3.05) is 28.4 Å². The minimum Gasteiger partial charge on any atom is -0.497 e. The Morgan fingerprint density at radius 1 is 0.459 bits per heavy atom. The molecule has 2 unspecified atom stereocenters. The second kappa shape index (κ2) is 25.3. The van der Waals surface area contributed by atoms with Gasteiger partial charge in [-0.1, -0.05) is 120 Å². The number of hydrogen-bond acceptors (Lipinski definition) is 7. The number of rotatable bonds is 10. The second-order valence-electron chi connectivity index (χ2n) is 12.8. The van der Waals surface area contributed by atoms with Crippen molar-refractivity contribution in [1.82, 2.24) is 0 Å². The third-order valence-electron chi connectivity index (χ3n) is 8.78. The molecule has 0 heterocycles. The van der Waals surface area contributed by atoms with E-state index in [1.165, 1.54) is 0 Å². The Hall–Kier alpha value is -4.65. The number of ketones is 1. The van der Waals surface area contributed by atoms with Gasteiger partial charge in [-0.05, 0) is 132 Å². The molecule has 61 heavy (non-hydrogen) atoms. The summed E-state index contributed by atoms with van der Waals surface area (Å²) >= 11 is 22.3. The molecule has 0 saturated heterocycles. The first-order valence-corrected chi connectivity index (χ1v) is 21.6. The van der Waals surface area contributed by atoms with Gasteiger partial charge in [0.15, 0.2) is 5.78 Å². The molecule has 0 radical (unpaired) electrons. The molecule has 0 aromatic heterocycles. The largest absolute Gasteiger partial charge is 0.497 e. The van der Waals surface area contributed by atoms with Gasteiger partial charge in [0.05, 0.1) is 33.5 Å². The highest BCUT2D eigenvalue weighted by molar-refractivity contribution is 9.11. The first-order valence-electron chi connectivity index (χ1n) is 18.4. The van der Waals surface area contributed by atoms with E-state index < -0.39 is 12.2 Å². The van der Waals surface area contributed by atoms with E-state index in [0.717, 1.165) is 36.2 Å². The van der Waals surface area contributed by atoms with Gasteiger partial charge in [0.1, 0.15) is 35.2 Å². The summed E-state index contributed by atoms with van der Waals surface area (Å²) in [6, 6.07) is 49.4. The number of halogens is 5. The summed E-state index contributed by atoms with van der Waals surface area (Å²) in [7, 11) is 6.50. The Balaban J connectivity index is 0.000000200. The summed E-state index contributed by atoms with van der Waals surface area (Å²) in [6.45, 7) is 0. The number of ether oxygens (including phenoxy) is 4. The lowest BCUT2D eigenvalue weighted by molar-refractivity contribution is 0.103. The maximum Gasteiger partial charge on any atom is 0.194 e. The van der Waals surface area contributed by atoms with Crippen molar-refractivity contribution in [3.05, 3.63) is 221 Å². The number of para-hydroxylation sites is 1. The number of aliphatic hydroxyl groups is 2. The summed E-state index contributed by atoms with van der Waals surface area (Å²) in [5, 5.41) is 22.3. The Morgan fingerprint density at radius 3 is 1.43 bits per heavy atom. The van der Waals surface area contributed by atoms with E-state index in [1.54, 1.807) is 101 Å². The number of methoxy groups -OCH3 is 4. The maximum absolute atomic E-state index is 12.3. The molecule has 0 saturated carbocycles. The lowest BCUT2D eigenvalue weighted by Crippen LogP contribution is -2.04. The minimum absolute atomic E-state index is 0.107. The van der Waals surface area contributed by atoms with Crippen LogP contribution in [0.2, 0.25) is 10.0 Å². The maximum atomic E-state index is 12.3. The predicted molar refractivity (Wildman–Crippen MR) is 256 cm³/mol. The van der Waals surface area contributed by atoms with Gasteiger partial charge in [0.2, 0.25) is 0 Å². The first-order chi connectivity index (χ1) is 29.4. The number of aliphatic hydroxyl groups excluding tert-OH is 2. The van der Waals surface area contributed by atoms with Crippen molar-refractivity contribution in [2.45, 2.75) is 12.2 Å². The average molecular weight is 1050 g/mol. The van der Waals surface area contributed by atoms with Crippen LogP contribution in [0.1, 0.15) is 50.4 Å². The fraction of sp³-hybridized carbons (Fsp3) is 0.122. The van der Waals surface area contributed by atoms with Crippen LogP contribution < -0.4 is 18.9 Å². The van der Waals surface area contributed by atoms with E-state index in [0.29, 0.717) is 43.6 Å². The number of benzene rings is 7. The van der Waals surface area contributed by atoms with Crippen molar-refractivity contribution in [1.29, 1.82) is 0 Å². The number of carbonyl (C=O) groups is 1. The van der Waals surface area contributed by atoms with Crippen molar-refractivity contribution in [3.8, 4) is 23.0 Å². The quantitative estimate of drug-likeness (QED) is 0.132. The topological polar surface area (TPSA) is 94.5 Å². The van der Waals surface area contributed by atoms with Gasteiger partial charge in [-0.2, -0.15) is 0 Å². The molecule has 2 N–H and O–H groups in total. The van der Waals surface area contributed by atoms with E-state index in [9.17, 15) is 15.0 Å². The van der Waals surface area contributed by atoms with Gasteiger partial charge in [0.25, 0.3) is 0 Å². The zero-order valence-corrected chi connectivity index (χ0v) is 39.8. The molecule has 0 aliphatic rings. The van der Waals surface area contributed by atoms with E-state index >= 15 is 0 Å². The molecule has 7 nitrogen and oxygen atoms in total. The summed E-state index contributed by atoms with van der Waals surface area (Å²) in [6.07, 6.45) is -1.69. The molecule has 7 aromatic carbocycles. The molecule has 0 spiro atoms. The Morgan fingerprint density at radius 2 is 0.902 bits per heavy atom. The molecule has 0 amide bonds.